The van der Waals surface area contributed by atoms with Crippen LogP contribution in [-0.2, 0) is 9.59 Å². The second kappa shape index (κ2) is 8.37. The van der Waals surface area contributed by atoms with Crippen LogP contribution in [0.4, 0.5) is 4.79 Å². The van der Waals surface area contributed by atoms with Crippen molar-refractivity contribution in [2.24, 2.45) is 0 Å². The molecule has 0 aromatic carbocycles. The molecule has 0 aliphatic carbocycles. The summed E-state index contributed by atoms with van der Waals surface area (Å²) < 4.78 is 0. The van der Waals surface area contributed by atoms with Crippen molar-refractivity contribution in [1.29, 1.82) is 0 Å². The Kier molecular flexibility index (Phi) is 7.49. The van der Waals surface area contributed by atoms with E-state index in [-0.39, 0.29) is 18.9 Å². The summed E-state index contributed by atoms with van der Waals surface area (Å²) >= 11 is 0. The van der Waals surface area contributed by atoms with Gasteiger partial charge in [-0.2, -0.15) is 0 Å². The largest absolute Gasteiger partial charge is 0.480 e. The normalized spacial score (nSPS) is 11.4. The summed E-state index contributed by atoms with van der Waals surface area (Å²) in [4.78, 5) is 33.0. The van der Waals surface area contributed by atoms with E-state index in [9.17, 15) is 14.4 Å². The average molecular weight is 245 g/mol. The summed E-state index contributed by atoms with van der Waals surface area (Å²) in [5.74, 6) is -1.40. The second-order valence-corrected chi connectivity index (χ2v) is 3.48. The molecule has 0 aromatic rings. The van der Waals surface area contributed by atoms with Gasteiger partial charge in [0, 0.05) is 6.54 Å². The van der Waals surface area contributed by atoms with Gasteiger partial charge >= 0.3 is 12.0 Å². The number of urea groups is 1. The standard InChI is InChI=1S/C10H19N3O4/c1-3-5-11-8(14)6-12-10(17)13-7(4-2)9(15)16/h7H,3-6H2,1-2H3,(H,11,14)(H,15,16)(H2,12,13,17)/t7-/m1/s1. The number of hydrogen-bond acceptors (Lipinski definition) is 3. The van der Waals surface area contributed by atoms with Crippen molar-refractivity contribution in [3.05, 3.63) is 0 Å². The molecule has 0 radical (unpaired) electrons. The summed E-state index contributed by atoms with van der Waals surface area (Å²) in [5, 5.41) is 15.8. The van der Waals surface area contributed by atoms with Crippen LogP contribution in [0.5, 0.6) is 0 Å². The van der Waals surface area contributed by atoms with Gasteiger partial charge in [0.05, 0.1) is 6.54 Å². The summed E-state index contributed by atoms with van der Waals surface area (Å²) in [7, 11) is 0. The number of carbonyl (C=O) groups is 3. The van der Waals surface area contributed by atoms with Gasteiger partial charge < -0.3 is 21.1 Å². The lowest BCUT2D eigenvalue weighted by Gasteiger charge is -2.12. The maximum absolute atomic E-state index is 11.2. The van der Waals surface area contributed by atoms with Crippen molar-refractivity contribution in [2.75, 3.05) is 13.1 Å². The topological polar surface area (TPSA) is 108 Å². The Balaban J connectivity index is 3.86. The van der Waals surface area contributed by atoms with Gasteiger partial charge in [0.2, 0.25) is 5.91 Å². The van der Waals surface area contributed by atoms with E-state index in [1.165, 1.54) is 0 Å². The number of carboxylic acid groups (broad SMARTS) is 1. The first-order valence-corrected chi connectivity index (χ1v) is 5.55. The smallest absolute Gasteiger partial charge is 0.326 e. The zero-order valence-electron chi connectivity index (χ0n) is 10.1. The number of nitrogens with one attached hydrogen (secondary N) is 3. The molecule has 7 heteroatoms. The number of carbonyl (C=O) groups excluding carboxylic acids is 2. The molecular weight excluding hydrogens is 226 g/mol. The van der Waals surface area contributed by atoms with E-state index in [1.807, 2.05) is 6.92 Å². The molecule has 3 amide bonds. The fourth-order valence-corrected chi connectivity index (χ4v) is 1.04. The van der Waals surface area contributed by atoms with Gasteiger partial charge in [-0.3, -0.25) is 4.79 Å². The number of aliphatic carboxylic acids is 1. The van der Waals surface area contributed by atoms with Crippen LogP contribution in [0, 0.1) is 0 Å². The first kappa shape index (κ1) is 15.2. The van der Waals surface area contributed by atoms with Crippen LogP contribution in [0.3, 0.4) is 0 Å². The first-order chi connectivity index (χ1) is 8.01. The third kappa shape index (κ3) is 7.15. The minimum absolute atomic E-state index is 0.165. The molecule has 0 saturated carbocycles. The molecule has 0 bridgehead atoms. The maximum atomic E-state index is 11.2. The van der Waals surface area contributed by atoms with E-state index in [0.29, 0.717) is 6.54 Å². The lowest BCUT2D eigenvalue weighted by atomic mass is 10.2. The fraction of sp³-hybridized carbons (Fsp3) is 0.700. The van der Waals surface area contributed by atoms with E-state index in [2.05, 4.69) is 16.0 Å². The Morgan fingerprint density at radius 2 is 1.82 bits per heavy atom. The molecule has 4 N–H and O–H groups in total. The number of rotatable bonds is 7. The molecule has 0 aromatic heterocycles. The molecule has 0 aliphatic heterocycles. The molecule has 0 rings (SSSR count). The molecule has 0 spiro atoms. The van der Waals surface area contributed by atoms with Crippen molar-refractivity contribution in [3.8, 4) is 0 Å². The minimum Gasteiger partial charge on any atom is -0.480 e. The first-order valence-electron chi connectivity index (χ1n) is 5.55. The van der Waals surface area contributed by atoms with Crippen LogP contribution < -0.4 is 16.0 Å². The van der Waals surface area contributed by atoms with E-state index < -0.39 is 18.0 Å². The van der Waals surface area contributed by atoms with Crippen molar-refractivity contribution >= 4 is 17.9 Å². The van der Waals surface area contributed by atoms with Crippen molar-refractivity contribution in [3.63, 3.8) is 0 Å². The highest BCUT2D eigenvalue weighted by Crippen LogP contribution is 1.89. The van der Waals surface area contributed by atoms with Crippen molar-refractivity contribution in [2.45, 2.75) is 32.7 Å². The predicted octanol–water partition coefficient (Wildman–Crippen LogP) is -0.325. The van der Waals surface area contributed by atoms with Crippen molar-refractivity contribution in [1.82, 2.24) is 16.0 Å². The van der Waals surface area contributed by atoms with E-state index in [4.69, 9.17) is 5.11 Å². The van der Waals surface area contributed by atoms with Gasteiger partial charge in [0.1, 0.15) is 6.04 Å². The molecule has 17 heavy (non-hydrogen) atoms. The molecule has 0 heterocycles. The van der Waals surface area contributed by atoms with Gasteiger partial charge in [0.25, 0.3) is 0 Å². The molecule has 0 fully saturated rings. The van der Waals surface area contributed by atoms with Gasteiger partial charge in [-0.05, 0) is 12.8 Å². The van der Waals surface area contributed by atoms with Crippen molar-refractivity contribution < 1.29 is 19.5 Å². The summed E-state index contributed by atoms with van der Waals surface area (Å²) in [5.41, 5.74) is 0. The van der Waals surface area contributed by atoms with Crippen LogP contribution in [0.1, 0.15) is 26.7 Å². The Morgan fingerprint density at radius 3 is 2.29 bits per heavy atom. The van der Waals surface area contributed by atoms with Crippen LogP contribution in [0.25, 0.3) is 0 Å². The molecular formula is C10H19N3O4. The Morgan fingerprint density at radius 1 is 1.18 bits per heavy atom. The highest BCUT2D eigenvalue weighted by atomic mass is 16.4. The molecule has 0 aliphatic rings. The minimum atomic E-state index is -1.10. The summed E-state index contributed by atoms with van der Waals surface area (Å²) in [6.45, 7) is 3.95. The third-order valence-corrected chi connectivity index (χ3v) is 1.99. The number of amides is 3. The summed E-state index contributed by atoms with van der Waals surface area (Å²) in [6.07, 6.45) is 1.10. The Hall–Kier alpha value is -1.79. The molecule has 0 unspecified atom stereocenters. The fourth-order valence-electron chi connectivity index (χ4n) is 1.04. The Bertz CT molecular complexity index is 281. The van der Waals surface area contributed by atoms with Crippen LogP contribution in [0.15, 0.2) is 0 Å². The SMILES string of the molecule is CCCNC(=O)CNC(=O)N[C@H](CC)C(=O)O. The molecule has 0 saturated heterocycles. The van der Waals surface area contributed by atoms with E-state index >= 15 is 0 Å². The van der Waals surface area contributed by atoms with Crippen LogP contribution in [0.2, 0.25) is 0 Å². The van der Waals surface area contributed by atoms with Gasteiger partial charge in [-0.15, -0.1) is 0 Å². The lowest BCUT2D eigenvalue weighted by Crippen LogP contribution is -2.48. The number of hydrogen-bond donors (Lipinski definition) is 4. The van der Waals surface area contributed by atoms with Gasteiger partial charge in [-0.25, -0.2) is 9.59 Å². The molecule has 98 valence electrons. The lowest BCUT2D eigenvalue weighted by molar-refractivity contribution is -0.139. The third-order valence-electron chi connectivity index (χ3n) is 1.99. The van der Waals surface area contributed by atoms with Gasteiger partial charge in [-0.1, -0.05) is 13.8 Å². The molecule has 7 nitrogen and oxygen atoms in total. The van der Waals surface area contributed by atoms with Crippen LogP contribution >= 0.6 is 0 Å². The quantitative estimate of drug-likeness (QED) is 0.492. The zero-order valence-corrected chi connectivity index (χ0v) is 10.1. The zero-order chi connectivity index (χ0) is 13.3. The monoisotopic (exact) mass is 245 g/mol. The summed E-state index contributed by atoms with van der Waals surface area (Å²) in [6, 6.07) is -1.60. The average Bonchev–Trinajstić information content (AvgIpc) is 2.30. The number of carboxylic acids is 1. The van der Waals surface area contributed by atoms with E-state index in [1.54, 1.807) is 6.92 Å². The predicted molar refractivity (Wildman–Crippen MR) is 61.5 cm³/mol. The highest BCUT2D eigenvalue weighted by Gasteiger charge is 2.17. The maximum Gasteiger partial charge on any atom is 0.326 e. The highest BCUT2D eigenvalue weighted by molar-refractivity contribution is 5.86. The van der Waals surface area contributed by atoms with Gasteiger partial charge in [0.15, 0.2) is 0 Å². The van der Waals surface area contributed by atoms with Crippen LogP contribution in [-0.4, -0.2) is 42.1 Å². The second-order valence-electron chi connectivity index (χ2n) is 3.48. The Labute approximate surface area is 100.0 Å². The van der Waals surface area contributed by atoms with E-state index in [0.717, 1.165) is 6.42 Å². The molecule has 1 atom stereocenters.